The minimum atomic E-state index is -0.376. The van der Waals surface area contributed by atoms with E-state index < -0.39 is 0 Å². The molecule has 0 unspecified atom stereocenters. The second kappa shape index (κ2) is 3.77. The molecule has 84 valence electrons. The van der Waals surface area contributed by atoms with Crippen LogP contribution in [-0.2, 0) is 9.53 Å². The third-order valence-corrected chi connectivity index (χ3v) is 3.45. The molecule has 2 rings (SSSR count). The topological polar surface area (TPSA) is 89.7 Å². The second-order valence-electron chi connectivity index (χ2n) is 4.25. The highest BCUT2D eigenvalue weighted by Gasteiger charge is 2.51. The summed E-state index contributed by atoms with van der Waals surface area (Å²) in [6, 6.07) is 0. The van der Waals surface area contributed by atoms with Gasteiger partial charge in [-0.05, 0) is 12.3 Å². The van der Waals surface area contributed by atoms with E-state index >= 15 is 0 Å². The third-order valence-electron chi connectivity index (χ3n) is 3.45. The third kappa shape index (κ3) is 1.81. The maximum absolute atomic E-state index is 11.0. The number of aliphatic hydroxyl groups excluding tert-OH is 1. The lowest BCUT2D eigenvalue weighted by Gasteiger charge is -2.16. The largest absolute Gasteiger partial charge is 0.462 e. The van der Waals surface area contributed by atoms with E-state index in [2.05, 4.69) is 0 Å². The fourth-order valence-electron chi connectivity index (χ4n) is 2.77. The summed E-state index contributed by atoms with van der Waals surface area (Å²) in [6.07, 6.45) is 0.616. The average Bonchev–Trinajstić information content (AvgIpc) is 2.63. The van der Waals surface area contributed by atoms with E-state index in [4.69, 9.17) is 9.84 Å². The van der Waals surface area contributed by atoms with Crippen LogP contribution in [0.4, 0.5) is 0 Å². The van der Waals surface area contributed by atoms with Crippen molar-refractivity contribution in [3.8, 4) is 0 Å². The van der Waals surface area contributed by atoms with Gasteiger partial charge in [0, 0.05) is 23.4 Å². The molecule has 0 aromatic carbocycles. The molecule has 0 amide bonds. The fourth-order valence-corrected chi connectivity index (χ4v) is 2.77. The quantitative estimate of drug-likeness (QED) is 0.401. The molecule has 4 atom stereocenters. The lowest BCUT2D eigenvalue weighted by molar-refractivity contribution is -0.491. The monoisotopic (exact) mass is 215 g/mol. The molecule has 0 radical (unpaired) electrons. The van der Waals surface area contributed by atoms with Crippen LogP contribution in [0.15, 0.2) is 0 Å². The van der Waals surface area contributed by atoms with Gasteiger partial charge in [-0.1, -0.05) is 0 Å². The Bertz CT molecular complexity index is 292. The maximum Gasteiger partial charge on any atom is 0.306 e. The highest BCUT2D eigenvalue weighted by atomic mass is 16.6. The number of nitrogens with zero attached hydrogens (tertiary/aromatic N) is 1. The number of hydrogen-bond donors (Lipinski definition) is 1. The number of ether oxygens (including phenoxy) is 1. The van der Waals surface area contributed by atoms with E-state index in [-0.39, 0.29) is 54.3 Å². The zero-order chi connectivity index (χ0) is 11.0. The Morgan fingerprint density at radius 1 is 1.60 bits per heavy atom. The number of carbonyl (C=O) groups is 1. The fraction of sp³-hybridized carbons (Fsp3) is 0.889. The Hall–Kier alpha value is -1.17. The van der Waals surface area contributed by atoms with Crippen LogP contribution in [0.3, 0.4) is 0 Å². The molecule has 0 aromatic rings. The van der Waals surface area contributed by atoms with Crippen LogP contribution in [0.1, 0.15) is 12.8 Å². The first-order valence-electron chi connectivity index (χ1n) is 5.04. The van der Waals surface area contributed by atoms with Gasteiger partial charge in [0.1, 0.15) is 6.10 Å². The van der Waals surface area contributed by atoms with E-state index in [1.165, 1.54) is 0 Å². The lowest BCUT2D eigenvalue weighted by atomic mass is 9.88. The molecular formula is C9H13NO5. The van der Waals surface area contributed by atoms with Crippen molar-refractivity contribution in [2.45, 2.75) is 18.9 Å². The molecule has 1 aliphatic carbocycles. The minimum Gasteiger partial charge on any atom is -0.462 e. The average molecular weight is 215 g/mol. The molecule has 15 heavy (non-hydrogen) atoms. The molecule has 0 aromatic heterocycles. The summed E-state index contributed by atoms with van der Waals surface area (Å²) in [6.45, 7) is -0.244. The Morgan fingerprint density at radius 3 is 2.93 bits per heavy atom. The molecule has 2 aliphatic rings. The first kappa shape index (κ1) is 10.4. The van der Waals surface area contributed by atoms with Gasteiger partial charge in [-0.15, -0.1) is 0 Å². The number of hydrogen-bond acceptors (Lipinski definition) is 5. The van der Waals surface area contributed by atoms with Crippen LogP contribution >= 0.6 is 0 Å². The number of rotatable bonds is 3. The first-order chi connectivity index (χ1) is 7.11. The number of nitro groups is 1. The van der Waals surface area contributed by atoms with Gasteiger partial charge < -0.3 is 9.84 Å². The Morgan fingerprint density at radius 2 is 2.33 bits per heavy atom. The number of fused-ring (bicyclic) bond motifs is 1. The van der Waals surface area contributed by atoms with Crippen molar-refractivity contribution in [3.05, 3.63) is 10.1 Å². The summed E-state index contributed by atoms with van der Waals surface area (Å²) in [5, 5.41) is 19.6. The summed E-state index contributed by atoms with van der Waals surface area (Å²) in [5.74, 6) is -0.658. The van der Waals surface area contributed by atoms with Crippen molar-refractivity contribution in [2.24, 2.45) is 17.8 Å². The van der Waals surface area contributed by atoms with Crippen molar-refractivity contribution in [1.82, 2.24) is 0 Å². The molecule has 0 spiro atoms. The normalized spacial score (nSPS) is 38.9. The van der Waals surface area contributed by atoms with Gasteiger partial charge >= 0.3 is 5.97 Å². The van der Waals surface area contributed by atoms with E-state index in [1.807, 2.05) is 0 Å². The number of carbonyl (C=O) groups excluding carboxylic acids is 1. The van der Waals surface area contributed by atoms with Gasteiger partial charge in [-0.2, -0.15) is 0 Å². The van der Waals surface area contributed by atoms with Crippen LogP contribution in [0, 0.1) is 27.9 Å². The molecular weight excluding hydrogens is 202 g/mol. The molecule has 1 saturated carbocycles. The van der Waals surface area contributed by atoms with Gasteiger partial charge in [-0.25, -0.2) is 0 Å². The number of esters is 1. The van der Waals surface area contributed by atoms with Crippen LogP contribution in [-0.4, -0.2) is 35.3 Å². The van der Waals surface area contributed by atoms with Gasteiger partial charge in [-0.3, -0.25) is 14.9 Å². The molecule has 1 N–H and O–H groups in total. The van der Waals surface area contributed by atoms with Gasteiger partial charge in [0.05, 0.1) is 6.42 Å². The predicted molar refractivity (Wildman–Crippen MR) is 48.5 cm³/mol. The van der Waals surface area contributed by atoms with Gasteiger partial charge in [0.25, 0.3) is 0 Å². The van der Waals surface area contributed by atoms with Crippen molar-refractivity contribution in [3.63, 3.8) is 0 Å². The first-order valence-corrected chi connectivity index (χ1v) is 5.04. The Labute approximate surface area is 86.4 Å². The predicted octanol–water partition coefficient (Wildman–Crippen LogP) is -0.177. The summed E-state index contributed by atoms with van der Waals surface area (Å²) in [4.78, 5) is 21.1. The molecule has 6 nitrogen and oxygen atoms in total. The van der Waals surface area contributed by atoms with E-state index in [0.29, 0.717) is 6.42 Å². The van der Waals surface area contributed by atoms with E-state index in [1.54, 1.807) is 0 Å². The zero-order valence-corrected chi connectivity index (χ0v) is 8.17. The highest BCUT2D eigenvalue weighted by Crippen LogP contribution is 2.44. The Balaban J connectivity index is 2.10. The van der Waals surface area contributed by atoms with Crippen molar-refractivity contribution >= 4 is 5.97 Å². The van der Waals surface area contributed by atoms with Crippen molar-refractivity contribution in [1.29, 1.82) is 0 Å². The Kier molecular flexibility index (Phi) is 2.60. The maximum atomic E-state index is 11.0. The summed E-state index contributed by atoms with van der Waals surface area (Å²) < 4.78 is 5.06. The van der Waals surface area contributed by atoms with Crippen LogP contribution < -0.4 is 0 Å². The van der Waals surface area contributed by atoms with Crippen LogP contribution in [0.5, 0.6) is 0 Å². The van der Waals surface area contributed by atoms with Gasteiger partial charge in [0.15, 0.2) is 0 Å². The summed E-state index contributed by atoms with van der Waals surface area (Å²) in [5.41, 5.74) is 0. The molecule has 0 bridgehead atoms. The molecule has 6 heteroatoms. The molecule has 1 aliphatic heterocycles. The van der Waals surface area contributed by atoms with E-state index in [0.717, 1.165) is 0 Å². The zero-order valence-electron chi connectivity index (χ0n) is 8.17. The smallest absolute Gasteiger partial charge is 0.306 e. The second-order valence-corrected chi connectivity index (χ2v) is 4.25. The standard InChI is InChI=1S/C9H13NO5/c11-4-5-1-8-6(2-9(12)15-8)7(5)3-10(13)14/h5-8,11H,1-4H2/t5-,6+,7-,8-/m0/s1. The summed E-state index contributed by atoms with van der Waals surface area (Å²) in [7, 11) is 0. The highest BCUT2D eigenvalue weighted by molar-refractivity contribution is 5.72. The van der Waals surface area contributed by atoms with E-state index in [9.17, 15) is 14.9 Å². The van der Waals surface area contributed by atoms with Crippen LogP contribution in [0.25, 0.3) is 0 Å². The van der Waals surface area contributed by atoms with Gasteiger partial charge in [0.2, 0.25) is 6.54 Å². The lowest BCUT2D eigenvalue weighted by Crippen LogP contribution is -2.26. The van der Waals surface area contributed by atoms with Crippen molar-refractivity contribution in [2.75, 3.05) is 13.2 Å². The minimum absolute atomic E-state index is 0.0664. The molecule has 2 fully saturated rings. The molecule has 1 saturated heterocycles. The molecule has 1 heterocycles. The summed E-state index contributed by atoms with van der Waals surface area (Å²) >= 11 is 0. The van der Waals surface area contributed by atoms with Crippen molar-refractivity contribution < 1.29 is 19.6 Å². The SMILES string of the molecule is O=C1C[C@@H]2[C@@H](C[N+](=O)[O-])[C@H](CO)C[C@@H]2O1. The van der Waals surface area contributed by atoms with Crippen LogP contribution in [0.2, 0.25) is 0 Å². The number of aliphatic hydroxyl groups is 1.